The van der Waals surface area contributed by atoms with E-state index in [1.165, 1.54) is 0 Å². The molecular formula is N5. The SMILES string of the molecule is [N]1N=NN=N1. The first-order valence-electron chi connectivity index (χ1n) is 1.000. The summed E-state index contributed by atoms with van der Waals surface area (Å²) in [7, 11) is 0. The number of hydrogen-bond acceptors (Lipinski definition) is 4. The zero-order valence-corrected chi connectivity index (χ0v) is 2.24. The maximum Gasteiger partial charge on any atom is 0 e. The third kappa shape index (κ3) is 0.188. The van der Waals surface area contributed by atoms with Gasteiger partial charge in [-0.3, -0.25) is 0 Å². The Kier molecular flexibility index (Phi) is 0.338. The molecule has 5 heteroatoms. The van der Waals surface area contributed by atoms with Gasteiger partial charge in [-0.1, -0.05) is 0 Å². The first kappa shape index (κ1) is 2.25. The van der Waals surface area contributed by atoms with Crippen LogP contribution in [-0.2, 0) is 0 Å². The fraction of sp³-hybridized carbons (Fsp3) is 0. The number of hydrogen-bond donors (Lipinski definition) is 0. The highest BCUT2D eigenvalue weighted by Crippen LogP contribution is 1.83. The molecule has 0 fully saturated rings. The number of nitrogens with zero attached hydrogens (tertiary/aromatic N) is 5. The second-order valence-corrected chi connectivity index (χ2v) is 0.447. The minimum atomic E-state index is 3.00. The Morgan fingerprint density at radius 1 is 0.600 bits per heavy atom. The van der Waals surface area contributed by atoms with E-state index >= 15 is 0 Å². The zero-order chi connectivity index (χ0) is 3.54. The Bertz CT molecular complexity index is 58.1. The largest absolute Gasteiger partial charge is 0 e. The Balaban J connectivity index is 2.61. The van der Waals surface area contributed by atoms with E-state index in [-0.39, 0.29) is 0 Å². The van der Waals surface area contributed by atoms with E-state index in [4.69, 9.17) is 0 Å². The van der Waals surface area contributed by atoms with Gasteiger partial charge in [-0.2, -0.15) is 0 Å². The van der Waals surface area contributed by atoms with Crippen molar-refractivity contribution in [2.45, 2.75) is 0 Å². The van der Waals surface area contributed by atoms with Crippen molar-refractivity contribution < 1.29 is 0 Å². The molecule has 0 aromatic carbocycles. The van der Waals surface area contributed by atoms with Gasteiger partial charge < -0.3 is 0 Å². The smallest absolute Gasteiger partial charge is 0 e. The van der Waals surface area contributed by atoms with E-state index in [1.807, 2.05) is 0 Å². The highest BCUT2D eigenvalue weighted by molar-refractivity contribution is 4.14. The predicted octanol–water partition coefficient (Wildman–Crippen LogP) is 0.254. The van der Waals surface area contributed by atoms with Gasteiger partial charge in [-0.15, -0.1) is 0 Å². The minimum absolute atomic E-state index is 3.00. The average molecular weight is 70.0 g/mol. The van der Waals surface area contributed by atoms with Crippen LogP contribution >= 0.6 is 0 Å². The second kappa shape index (κ2) is 0.750. The van der Waals surface area contributed by atoms with E-state index in [2.05, 4.69) is 26.4 Å². The van der Waals surface area contributed by atoms with Crippen molar-refractivity contribution in [3.8, 4) is 0 Å². The van der Waals surface area contributed by atoms with Crippen molar-refractivity contribution in [2.24, 2.45) is 20.9 Å². The Hall–Kier alpha value is -1.00. The van der Waals surface area contributed by atoms with Gasteiger partial charge in [0.2, 0.25) is 0 Å². The van der Waals surface area contributed by atoms with Gasteiger partial charge in [0.05, 0.1) is 0 Å². The van der Waals surface area contributed by atoms with Gasteiger partial charge in [0, 0.05) is 26.4 Å². The minimum Gasteiger partial charge on any atom is 0 e. The van der Waals surface area contributed by atoms with Crippen LogP contribution in [0.4, 0.5) is 0 Å². The van der Waals surface area contributed by atoms with Crippen molar-refractivity contribution in [3.05, 3.63) is 0 Å². The normalized spacial score (nSPS) is 16.0. The highest BCUT2D eigenvalue weighted by atomic mass is 15.8. The molecule has 0 atom stereocenters. The van der Waals surface area contributed by atoms with Gasteiger partial charge in [0.15, 0.2) is 0 Å². The van der Waals surface area contributed by atoms with E-state index in [0.717, 1.165) is 0 Å². The summed E-state index contributed by atoms with van der Waals surface area (Å²) in [6.45, 7) is 0. The maximum atomic E-state index is 3.00. The fourth-order valence-electron chi connectivity index (χ4n) is 0.0894. The van der Waals surface area contributed by atoms with E-state index in [9.17, 15) is 0 Å². The van der Waals surface area contributed by atoms with Crippen molar-refractivity contribution in [2.75, 3.05) is 0 Å². The first-order valence-corrected chi connectivity index (χ1v) is 1.000. The lowest BCUT2D eigenvalue weighted by molar-refractivity contribution is 0.772. The molecule has 0 bridgehead atoms. The number of rotatable bonds is 0. The molecule has 1 rings (SSSR count). The van der Waals surface area contributed by atoms with Gasteiger partial charge in [0.1, 0.15) is 0 Å². The molecule has 0 unspecified atom stereocenters. The van der Waals surface area contributed by atoms with Gasteiger partial charge in [0.25, 0.3) is 0 Å². The molecule has 5 heavy (non-hydrogen) atoms. The van der Waals surface area contributed by atoms with Crippen molar-refractivity contribution >= 4 is 0 Å². The third-order valence-electron chi connectivity index (χ3n) is 0.200. The van der Waals surface area contributed by atoms with Crippen LogP contribution in [-0.4, -0.2) is 0 Å². The molecule has 0 spiro atoms. The van der Waals surface area contributed by atoms with Crippen LogP contribution in [0.25, 0.3) is 0 Å². The summed E-state index contributed by atoms with van der Waals surface area (Å²) in [6.07, 6.45) is 0. The Labute approximate surface area is 27.7 Å². The molecule has 1 radical (unpaired) electrons. The van der Waals surface area contributed by atoms with Crippen molar-refractivity contribution in [1.82, 2.24) is 5.53 Å². The van der Waals surface area contributed by atoms with Gasteiger partial charge in [-0.05, 0) is 0 Å². The topological polar surface area (TPSA) is 63.5 Å². The maximum absolute atomic E-state index is 3.00. The molecule has 1 aliphatic rings. The van der Waals surface area contributed by atoms with Crippen LogP contribution in [0.1, 0.15) is 0 Å². The summed E-state index contributed by atoms with van der Waals surface area (Å²) < 4.78 is 0. The Morgan fingerprint density at radius 2 is 1.20 bits per heavy atom. The van der Waals surface area contributed by atoms with Crippen molar-refractivity contribution in [1.29, 1.82) is 0 Å². The van der Waals surface area contributed by atoms with E-state index in [1.54, 1.807) is 0 Å². The lowest BCUT2D eigenvalue weighted by Crippen LogP contribution is -1.67. The standard InChI is InChI=1S/N5/c1-2-4-5-3-1. The first-order chi connectivity index (χ1) is 2.50. The summed E-state index contributed by atoms with van der Waals surface area (Å²) in [4.78, 5) is 0. The molecule has 0 N–H and O–H groups in total. The predicted molar refractivity (Wildman–Crippen MR) is 11.8 cm³/mol. The third-order valence-corrected chi connectivity index (χ3v) is 0.200. The summed E-state index contributed by atoms with van der Waals surface area (Å²) in [5, 5.41) is 12.0. The molecular weight excluding hydrogens is 70.0 g/mol. The van der Waals surface area contributed by atoms with Crippen LogP contribution in [0.2, 0.25) is 0 Å². The summed E-state index contributed by atoms with van der Waals surface area (Å²) in [6, 6.07) is 0. The molecule has 0 saturated carbocycles. The molecule has 0 aromatic heterocycles. The van der Waals surface area contributed by atoms with Crippen LogP contribution in [0, 0.1) is 0 Å². The van der Waals surface area contributed by atoms with E-state index < -0.39 is 0 Å². The average Bonchev–Trinajstić information content (AvgIpc) is 1.76. The summed E-state index contributed by atoms with van der Waals surface area (Å²) in [5.41, 5.74) is 3.00. The summed E-state index contributed by atoms with van der Waals surface area (Å²) in [5.74, 6) is 0. The lowest BCUT2D eigenvalue weighted by Gasteiger charge is -1.52. The van der Waals surface area contributed by atoms with Crippen LogP contribution in [0.5, 0.6) is 0 Å². The Morgan fingerprint density at radius 3 is 1.40 bits per heavy atom. The molecule has 1 heterocycles. The molecule has 0 aromatic rings. The lowest BCUT2D eigenvalue weighted by atomic mass is 12.5. The fourth-order valence-corrected chi connectivity index (χ4v) is 0.0894. The van der Waals surface area contributed by atoms with Crippen LogP contribution in [0.3, 0.4) is 0 Å². The quantitative estimate of drug-likeness (QED) is 0.392. The van der Waals surface area contributed by atoms with Gasteiger partial charge in [-0.25, -0.2) is 0 Å². The molecule has 25 valence electrons. The highest BCUT2D eigenvalue weighted by Gasteiger charge is 1.78. The zero-order valence-electron chi connectivity index (χ0n) is 2.24. The molecule has 1 aliphatic heterocycles. The second-order valence-electron chi connectivity index (χ2n) is 0.447. The van der Waals surface area contributed by atoms with Crippen molar-refractivity contribution in [3.63, 3.8) is 0 Å². The van der Waals surface area contributed by atoms with Crippen LogP contribution in [0.15, 0.2) is 20.9 Å². The van der Waals surface area contributed by atoms with Gasteiger partial charge >= 0.3 is 0 Å². The molecule has 0 aliphatic carbocycles. The molecule has 0 saturated heterocycles. The monoisotopic (exact) mass is 70.0 g/mol. The van der Waals surface area contributed by atoms with E-state index in [0.29, 0.717) is 0 Å². The summed E-state index contributed by atoms with van der Waals surface area (Å²) >= 11 is 0. The van der Waals surface area contributed by atoms with Crippen LogP contribution < -0.4 is 5.53 Å². The molecule has 0 amide bonds. The molecule has 5 nitrogen and oxygen atoms in total.